The molecule has 0 spiro atoms. The van der Waals surface area contributed by atoms with Crippen LogP contribution in [0.15, 0.2) is 59.5 Å². The Bertz CT molecular complexity index is 1360. The lowest BCUT2D eigenvalue weighted by Gasteiger charge is -2.14. The first-order valence-corrected chi connectivity index (χ1v) is 10.2. The molecule has 0 atom stereocenters. The average molecular weight is 397 g/mol. The molecule has 0 bridgehead atoms. The highest BCUT2D eigenvalue weighted by Gasteiger charge is 2.18. The van der Waals surface area contributed by atoms with Crippen molar-refractivity contribution in [2.24, 2.45) is 7.05 Å². The topological polar surface area (TPSA) is 56.0 Å². The molecule has 4 aromatic rings. The molecule has 0 fully saturated rings. The van der Waals surface area contributed by atoms with Gasteiger partial charge in [-0.15, -0.1) is 0 Å². The predicted octanol–water partition coefficient (Wildman–Crippen LogP) is 3.76. The number of carbonyl (C=O) groups is 1. The number of fused-ring (bicyclic) bond motifs is 3. The molecular formula is C25H23N3O2. The van der Waals surface area contributed by atoms with Gasteiger partial charge in [0.25, 0.3) is 5.56 Å². The lowest BCUT2D eigenvalue weighted by atomic mass is 9.99. The Morgan fingerprint density at radius 2 is 1.93 bits per heavy atom. The second kappa shape index (κ2) is 7.11. The van der Waals surface area contributed by atoms with Gasteiger partial charge in [-0.05, 0) is 66.4 Å². The summed E-state index contributed by atoms with van der Waals surface area (Å²) in [4.78, 5) is 23.9. The molecule has 0 aliphatic carbocycles. The Morgan fingerprint density at radius 1 is 1.07 bits per heavy atom. The van der Waals surface area contributed by atoms with Crippen LogP contribution >= 0.6 is 0 Å². The van der Waals surface area contributed by atoms with Crippen molar-refractivity contribution in [2.45, 2.75) is 19.9 Å². The summed E-state index contributed by atoms with van der Waals surface area (Å²) >= 11 is 0. The van der Waals surface area contributed by atoms with E-state index in [0.29, 0.717) is 5.56 Å². The summed E-state index contributed by atoms with van der Waals surface area (Å²) in [5.74, 6) is 0. The number of aromatic nitrogens is 2. The van der Waals surface area contributed by atoms with Gasteiger partial charge in [-0.1, -0.05) is 18.2 Å². The Morgan fingerprint density at radius 3 is 2.70 bits per heavy atom. The number of benzene rings is 2. The van der Waals surface area contributed by atoms with E-state index >= 15 is 0 Å². The average Bonchev–Trinajstić information content (AvgIpc) is 3.05. The zero-order valence-electron chi connectivity index (χ0n) is 17.1. The van der Waals surface area contributed by atoms with Crippen molar-refractivity contribution in [1.29, 1.82) is 0 Å². The standard InChI is InChI=1S/C25H23N3O2/c1-16-11-17(15-29)3-5-20(16)18-8-10-28(25(30)12-18)19-4-6-21-22-7-9-26-14-24(22)27(2)23(21)13-19/h3-6,8,10-13,15,26H,7,9,14H2,1-2H3. The fourth-order valence-corrected chi connectivity index (χ4v) is 4.57. The summed E-state index contributed by atoms with van der Waals surface area (Å²) in [6.07, 6.45) is 3.70. The van der Waals surface area contributed by atoms with Crippen molar-refractivity contribution >= 4 is 17.2 Å². The number of hydrogen-bond donors (Lipinski definition) is 1. The first-order chi connectivity index (χ1) is 14.6. The van der Waals surface area contributed by atoms with Gasteiger partial charge in [0, 0.05) is 42.5 Å². The van der Waals surface area contributed by atoms with Crippen LogP contribution in [0.2, 0.25) is 0 Å². The zero-order valence-corrected chi connectivity index (χ0v) is 17.1. The number of pyridine rings is 1. The van der Waals surface area contributed by atoms with Crippen molar-refractivity contribution in [3.05, 3.63) is 87.5 Å². The van der Waals surface area contributed by atoms with E-state index in [2.05, 4.69) is 29.1 Å². The number of hydrogen-bond acceptors (Lipinski definition) is 3. The second-order valence-corrected chi connectivity index (χ2v) is 7.93. The van der Waals surface area contributed by atoms with Gasteiger partial charge in [0.15, 0.2) is 0 Å². The molecule has 0 radical (unpaired) electrons. The smallest absolute Gasteiger partial charge is 0.255 e. The van der Waals surface area contributed by atoms with Gasteiger partial charge in [-0.3, -0.25) is 14.2 Å². The van der Waals surface area contributed by atoms with Gasteiger partial charge in [-0.2, -0.15) is 0 Å². The van der Waals surface area contributed by atoms with Crippen LogP contribution in [0.5, 0.6) is 0 Å². The van der Waals surface area contributed by atoms with Crippen LogP contribution in [0, 0.1) is 6.92 Å². The fourth-order valence-electron chi connectivity index (χ4n) is 4.57. The number of nitrogens with zero attached hydrogens (tertiary/aromatic N) is 2. The molecule has 1 N–H and O–H groups in total. The quantitative estimate of drug-likeness (QED) is 0.536. The highest BCUT2D eigenvalue weighted by Crippen LogP contribution is 2.29. The predicted molar refractivity (Wildman–Crippen MR) is 119 cm³/mol. The largest absolute Gasteiger partial charge is 0.346 e. The number of nitrogens with one attached hydrogen (secondary N) is 1. The summed E-state index contributed by atoms with van der Waals surface area (Å²) in [5, 5.41) is 4.71. The van der Waals surface area contributed by atoms with Gasteiger partial charge in [0.1, 0.15) is 6.29 Å². The number of aryl methyl sites for hydroxylation is 2. The van der Waals surface area contributed by atoms with Crippen LogP contribution < -0.4 is 10.9 Å². The third-order valence-corrected chi connectivity index (χ3v) is 6.16. The molecule has 5 rings (SSSR count). The first-order valence-electron chi connectivity index (χ1n) is 10.2. The molecule has 1 aliphatic heterocycles. The van der Waals surface area contributed by atoms with Gasteiger partial charge < -0.3 is 9.88 Å². The van der Waals surface area contributed by atoms with Gasteiger partial charge in [0.2, 0.25) is 0 Å². The molecule has 0 amide bonds. The van der Waals surface area contributed by atoms with Crippen LogP contribution in [0.3, 0.4) is 0 Å². The number of rotatable bonds is 3. The summed E-state index contributed by atoms with van der Waals surface area (Å²) < 4.78 is 3.92. The fraction of sp³-hybridized carbons (Fsp3) is 0.200. The highest BCUT2D eigenvalue weighted by molar-refractivity contribution is 5.87. The third kappa shape index (κ3) is 2.90. The van der Waals surface area contributed by atoms with E-state index < -0.39 is 0 Å². The molecule has 2 aromatic carbocycles. The van der Waals surface area contributed by atoms with Gasteiger partial charge in [-0.25, -0.2) is 0 Å². The molecule has 3 heterocycles. The van der Waals surface area contributed by atoms with Crippen molar-refractivity contribution < 1.29 is 4.79 Å². The minimum absolute atomic E-state index is 0.0775. The maximum absolute atomic E-state index is 13.0. The van der Waals surface area contributed by atoms with Crippen LogP contribution in [0.1, 0.15) is 27.2 Å². The molecule has 150 valence electrons. The molecule has 2 aromatic heterocycles. The molecule has 0 saturated carbocycles. The minimum atomic E-state index is -0.0775. The van der Waals surface area contributed by atoms with Crippen LogP contribution in [-0.2, 0) is 20.0 Å². The van der Waals surface area contributed by atoms with Gasteiger partial charge >= 0.3 is 0 Å². The molecule has 0 unspecified atom stereocenters. The second-order valence-electron chi connectivity index (χ2n) is 7.93. The SMILES string of the molecule is Cc1cc(C=O)ccc1-c1ccn(-c2ccc3c4c(n(C)c3c2)CNCC4)c(=O)c1. The Balaban J connectivity index is 1.58. The van der Waals surface area contributed by atoms with E-state index in [1.54, 1.807) is 16.7 Å². The maximum Gasteiger partial charge on any atom is 0.255 e. The van der Waals surface area contributed by atoms with Crippen molar-refractivity contribution in [1.82, 2.24) is 14.5 Å². The lowest BCUT2D eigenvalue weighted by Crippen LogP contribution is -2.24. The van der Waals surface area contributed by atoms with E-state index in [4.69, 9.17) is 0 Å². The van der Waals surface area contributed by atoms with Gasteiger partial charge in [0.05, 0.1) is 11.2 Å². The third-order valence-electron chi connectivity index (χ3n) is 6.16. The van der Waals surface area contributed by atoms with E-state index in [-0.39, 0.29) is 5.56 Å². The highest BCUT2D eigenvalue weighted by atomic mass is 16.1. The van der Waals surface area contributed by atoms with Crippen LogP contribution in [0.25, 0.3) is 27.7 Å². The van der Waals surface area contributed by atoms with Crippen LogP contribution in [0.4, 0.5) is 0 Å². The van der Waals surface area contributed by atoms with E-state index in [1.165, 1.54) is 16.6 Å². The van der Waals surface area contributed by atoms with E-state index in [9.17, 15) is 9.59 Å². The van der Waals surface area contributed by atoms with Crippen molar-refractivity contribution in [3.8, 4) is 16.8 Å². The Labute approximate surface area is 174 Å². The molecule has 5 nitrogen and oxygen atoms in total. The molecule has 5 heteroatoms. The zero-order chi connectivity index (χ0) is 20.8. The first kappa shape index (κ1) is 18.6. The number of aldehydes is 1. The Kier molecular flexibility index (Phi) is 4.40. The van der Waals surface area contributed by atoms with E-state index in [0.717, 1.165) is 53.7 Å². The summed E-state index contributed by atoms with van der Waals surface area (Å²) in [7, 11) is 2.09. The summed E-state index contributed by atoms with van der Waals surface area (Å²) in [6.45, 7) is 3.84. The summed E-state index contributed by atoms with van der Waals surface area (Å²) in [6, 6.07) is 15.4. The minimum Gasteiger partial charge on any atom is -0.346 e. The number of carbonyl (C=O) groups excluding carboxylic acids is 1. The summed E-state index contributed by atoms with van der Waals surface area (Å²) in [5.41, 5.74) is 8.09. The van der Waals surface area contributed by atoms with Crippen LogP contribution in [-0.4, -0.2) is 22.0 Å². The normalized spacial score (nSPS) is 13.4. The monoisotopic (exact) mass is 397 g/mol. The lowest BCUT2D eigenvalue weighted by molar-refractivity contribution is 0.112. The molecule has 1 aliphatic rings. The van der Waals surface area contributed by atoms with Crippen molar-refractivity contribution in [3.63, 3.8) is 0 Å². The molecular weight excluding hydrogens is 374 g/mol. The van der Waals surface area contributed by atoms with Crippen molar-refractivity contribution in [2.75, 3.05) is 6.54 Å². The maximum atomic E-state index is 13.0. The molecule has 30 heavy (non-hydrogen) atoms. The Hall–Kier alpha value is -3.44. The van der Waals surface area contributed by atoms with E-state index in [1.807, 2.05) is 37.4 Å². The molecule has 0 saturated heterocycles.